The molecule has 8 nitrogen and oxygen atoms in total. The zero-order valence-electron chi connectivity index (χ0n) is 14.8. The van der Waals surface area contributed by atoms with E-state index in [4.69, 9.17) is 15.2 Å². The molecule has 2 aromatic carbocycles. The van der Waals surface area contributed by atoms with Gasteiger partial charge in [0.2, 0.25) is 0 Å². The van der Waals surface area contributed by atoms with Gasteiger partial charge >= 0.3 is 0 Å². The maximum atomic E-state index is 13.0. The number of halogens is 1. The highest BCUT2D eigenvalue weighted by Crippen LogP contribution is 2.29. The van der Waals surface area contributed by atoms with E-state index in [9.17, 15) is 9.18 Å². The molecule has 0 radical (unpaired) electrons. The van der Waals surface area contributed by atoms with Crippen LogP contribution in [0.5, 0.6) is 11.5 Å². The molecule has 9 heteroatoms. The lowest BCUT2D eigenvalue weighted by Crippen LogP contribution is -2.16. The van der Waals surface area contributed by atoms with Gasteiger partial charge in [0.15, 0.2) is 11.5 Å². The van der Waals surface area contributed by atoms with Crippen LogP contribution in [0.25, 0.3) is 0 Å². The number of anilines is 2. The maximum absolute atomic E-state index is 13.0. The Hall–Kier alpha value is -3.62. The number of ether oxygens (including phenoxy) is 2. The van der Waals surface area contributed by atoms with Crippen LogP contribution in [-0.4, -0.2) is 35.1 Å². The predicted octanol–water partition coefficient (Wildman–Crippen LogP) is 2.32. The molecule has 0 spiro atoms. The van der Waals surface area contributed by atoms with Gasteiger partial charge in [0.05, 0.1) is 26.5 Å². The molecule has 27 heavy (non-hydrogen) atoms. The lowest BCUT2D eigenvalue weighted by molar-refractivity contribution is 0.102. The molecular formula is C18H18FN5O3. The lowest BCUT2D eigenvalue weighted by atomic mass is 10.2. The number of benzene rings is 2. The Balaban J connectivity index is 1.80. The van der Waals surface area contributed by atoms with E-state index >= 15 is 0 Å². The fourth-order valence-electron chi connectivity index (χ4n) is 2.45. The second kappa shape index (κ2) is 7.73. The van der Waals surface area contributed by atoms with Gasteiger partial charge in [-0.1, -0.05) is 17.3 Å². The molecule has 1 heterocycles. The Labute approximate surface area is 154 Å². The first-order valence-electron chi connectivity index (χ1n) is 7.98. The van der Waals surface area contributed by atoms with E-state index in [0.717, 1.165) is 5.56 Å². The topological polar surface area (TPSA) is 104 Å². The lowest BCUT2D eigenvalue weighted by Gasteiger charge is -2.11. The van der Waals surface area contributed by atoms with Crippen molar-refractivity contribution in [1.29, 1.82) is 0 Å². The SMILES string of the molecule is COc1ccc(OC)c(NC(=O)c2nnn(Cc3ccc(F)cc3)c2N)c1. The first-order valence-corrected chi connectivity index (χ1v) is 7.98. The Morgan fingerprint density at radius 3 is 2.59 bits per heavy atom. The summed E-state index contributed by atoms with van der Waals surface area (Å²) in [6.07, 6.45) is 0. The maximum Gasteiger partial charge on any atom is 0.280 e. The van der Waals surface area contributed by atoms with Crippen molar-refractivity contribution in [1.82, 2.24) is 15.0 Å². The molecule has 140 valence electrons. The van der Waals surface area contributed by atoms with Crippen LogP contribution in [0.15, 0.2) is 42.5 Å². The molecule has 3 N–H and O–H groups in total. The van der Waals surface area contributed by atoms with Crippen LogP contribution in [0, 0.1) is 5.82 Å². The second-order valence-corrected chi connectivity index (χ2v) is 5.63. The number of nitrogens with zero attached hydrogens (tertiary/aromatic N) is 3. The summed E-state index contributed by atoms with van der Waals surface area (Å²) in [6, 6.07) is 10.9. The number of amides is 1. The van der Waals surface area contributed by atoms with E-state index in [1.54, 1.807) is 30.3 Å². The number of hydrogen-bond donors (Lipinski definition) is 2. The molecule has 0 bridgehead atoms. The van der Waals surface area contributed by atoms with Crippen molar-refractivity contribution >= 4 is 17.4 Å². The van der Waals surface area contributed by atoms with E-state index in [-0.39, 0.29) is 23.9 Å². The monoisotopic (exact) mass is 371 g/mol. The highest BCUT2D eigenvalue weighted by Gasteiger charge is 2.19. The number of nitrogens with one attached hydrogen (secondary N) is 1. The number of nitrogens with two attached hydrogens (primary N) is 1. The van der Waals surface area contributed by atoms with Gasteiger partial charge in [-0.2, -0.15) is 0 Å². The molecule has 3 rings (SSSR count). The Kier molecular flexibility index (Phi) is 5.20. The van der Waals surface area contributed by atoms with Gasteiger partial charge in [0.25, 0.3) is 5.91 Å². The number of carbonyl (C=O) groups is 1. The Bertz CT molecular complexity index is 956. The van der Waals surface area contributed by atoms with Gasteiger partial charge in [-0.3, -0.25) is 4.79 Å². The molecule has 0 aliphatic heterocycles. The third-order valence-electron chi connectivity index (χ3n) is 3.89. The fraction of sp³-hybridized carbons (Fsp3) is 0.167. The van der Waals surface area contributed by atoms with Crippen molar-refractivity contribution < 1.29 is 18.7 Å². The fourth-order valence-corrected chi connectivity index (χ4v) is 2.45. The van der Waals surface area contributed by atoms with Gasteiger partial charge in [0, 0.05) is 6.07 Å². The molecule has 0 saturated heterocycles. The van der Waals surface area contributed by atoms with E-state index in [1.807, 2.05) is 0 Å². The van der Waals surface area contributed by atoms with E-state index in [0.29, 0.717) is 17.2 Å². The van der Waals surface area contributed by atoms with E-state index in [2.05, 4.69) is 15.6 Å². The summed E-state index contributed by atoms with van der Waals surface area (Å²) in [6.45, 7) is 0.259. The molecule has 0 unspecified atom stereocenters. The third kappa shape index (κ3) is 3.97. The van der Waals surface area contributed by atoms with Crippen molar-refractivity contribution in [2.45, 2.75) is 6.54 Å². The van der Waals surface area contributed by atoms with Crippen LogP contribution in [0.1, 0.15) is 16.1 Å². The third-order valence-corrected chi connectivity index (χ3v) is 3.89. The average Bonchev–Trinajstić information content (AvgIpc) is 3.04. The summed E-state index contributed by atoms with van der Waals surface area (Å²) in [5.74, 6) is 0.237. The molecule has 3 aromatic rings. The quantitative estimate of drug-likeness (QED) is 0.689. The number of methoxy groups -OCH3 is 2. The number of carbonyl (C=O) groups excluding carboxylic acids is 1. The molecule has 0 fully saturated rings. The minimum absolute atomic E-state index is 0.0259. The summed E-state index contributed by atoms with van der Waals surface area (Å²) in [5.41, 5.74) is 7.17. The van der Waals surface area contributed by atoms with Crippen LogP contribution in [0.2, 0.25) is 0 Å². The zero-order valence-corrected chi connectivity index (χ0v) is 14.8. The molecule has 1 amide bonds. The van der Waals surface area contributed by atoms with Crippen LogP contribution in [-0.2, 0) is 6.54 Å². The first kappa shape index (κ1) is 18.2. The summed E-state index contributed by atoms with van der Waals surface area (Å²) in [7, 11) is 3.01. The van der Waals surface area contributed by atoms with Crippen molar-refractivity contribution in [3.8, 4) is 11.5 Å². The molecule has 0 atom stereocenters. The van der Waals surface area contributed by atoms with Crippen molar-refractivity contribution in [3.05, 3.63) is 59.5 Å². The summed E-state index contributed by atoms with van der Waals surface area (Å²) < 4.78 is 24.8. The van der Waals surface area contributed by atoms with Crippen molar-refractivity contribution in [3.63, 3.8) is 0 Å². The molecule has 1 aromatic heterocycles. The van der Waals surface area contributed by atoms with Gasteiger partial charge in [-0.15, -0.1) is 5.10 Å². The van der Waals surface area contributed by atoms with Crippen LogP contribution in [0.4, 0.5) is 15.9 Å². The largest absolute Gasteiger partial charge is 0.497 e. The molecule has 0 aliphatic carbocycles. The van der Waals surface area contributed by atoms with Crippen LogP contribution < -0.4 is 20.5 Å². The Morgan fingerprint density at radius 2 is 1.93 bits per heavy atom. The highest BCUT2D eigenvalue weighted by molar-refractivity contribution is 6.06. The van der Waals surface area contributed by atoms with Crippen molar-refractivity contribution in [2.24, 2.45) is 0 Å². The number of rotatable bonds is 6. The standard InChI is InChI=1S/C18H18FN5O3/c1-26-13-7-8-15(27-2)14(9-13)21-18(25)16-17(20)24(23-22-16)10-11-3-5-12(19)6-4-11/h3-9H,10,20H2,1-2H3,(H,21,25). The normalized spacial score (nSPS) is 10.5. The smallest absolute Gasteiger partial charge is 0.280 e. The minimum atomic E-state index is -0.538. The summed E-state index contributed by atoms with van der Waals surface area (Å²) in [4.78, 5) is 12.6. The van der Waals surface area contributed by atoms with Gasteiger partial charge in [-0.25, -0.2) is 9.07 Å². The van der Waals surface area contributed by atoms with E-state index < -0.39 is 5.91 Å². The second-order valence-electron chi connectivity index (χ2n) is 5.63. The minimum Gasteiger partial charge on any atom is -0.497 e. The van der Waals surface area contributed by atoms with Crippen LogP contribution in [0.3, 0.4) is 0 Å². The number of hydrogen-bond acceptors (Lipinski definition) is 6. The number of aromatic nitrogens is 3. The zero-order chi connectivity index (χ0) is 19.4. The number of nitrogen functional groups attached to an aromatic ring is 1. The van der Waals surface area contributed by atoms with E-state index in [1.165, 1.54) is 31.0 Å². The predicted molar refractivity (Wildman–Crippen MR) is 97.4 cm³/mol. The Morgan fingerprint density at radius 1 is 1.19 bits per heavy atom. The van der Waals surface area contributed by atoms with Gasteiger partial charge in [-0.05, 0) is 29.8 Å². The summed E-state index contributed by atoms with van der Waals surface area (Å²) >= 11 is 0. The van der Waals surface area contributed by atoms with Gasteiger partial charge in [0.1, 0.15) is 17.3 Å². The summed E-state index contributed by atoms with van der Waals surface area (Å²) in [5, 5.41) is 10.4. The van der Waals surface area contributed by atoms with Gasteiger partial charge < -0.3 is 20.5 Å². The van der Waals surface area contributed by atoms with Crippen LogP contribution >= 0.6 is 0 Å². The molecule has 0 aliphatic rings. The average molecular weight is 371 g/mol. The van der Waals surface area contributed by atoms with Crippen molar-refractivity contribution in [2.75, 3.05) is 25.3 Å². The highest BCUT2D eigenvalue weighted by atomic mass is 19.1. The molecule has 0 saturated carbocycles. The first-order chi connectivity index (χ1) is 13.0. The molecular weight excluding hydrogens is 353 g/mol.